The second kappa shape index (κ2) is 5.55. The van der Waals surface area contributed by atoms with Crippen molar-refractivity contribution in [3.8, 4) is 0 Å². The van der Waals surface area contributed by atoms with E-state index < -0.39 is 0 Å². The second-order valence-corrected chi connectivity index (χ2v) is 3.73. The first-order chi connectivity index (χ1) is 5.86. The molecule has 0 aromatic heterocycles. The fourth-order valence-corrected chi connectivity index (χ4v) is 1.77. The van der Waals surface area contributed by atoms with Gasteiger partial charge in [0.15, 0.2) is 0 Å². The van der Waals surface area contributed by atoms with Crippen LogP contribution < -0.4 is 0 Å². The predicted octanol–water partition coefficient (Wildman–Crippen LogP) is 1.77. The summed E-state index contributed by atoms with van der Waals surface area (Å²) >= 11 is 0. The molecule has 72 valence electrons. The van der Waals surface area contributed by atoms with Gasteiger partial charge in [0.2, 0.25) is 0 Å². The highest BCUT2D eigenvalue weighted by Crippen LogP contribution is 2.06. The van der Waals surface area contributed by atoms with Gasteiger partial charge in [-0.2, -0.15) is 0 Å². The van der Waals surface area contributed by atoms with Crippen LogP contribution in [0.2, 0.25) is 0 Å². The zero-order valence-corrected chi connectivity index (χ0v) is 8.55. The molecule has 1 heterocycles. The van der Waals surface area contributed by atoms with Gasteiger partial charge in [0.25, 0.3) is 0 Å². The minimum absolute atomic E-state index is 1.22. The minimum Gasteiger partial charge on any atom is -0.289 e. The van der Waals surface area contributed by atoms with Gasteiger partial charge in [0.1, 0.15) is 0 Å². The first kappa shape index (κ1) is 10.0. The minimum atomic E-state index is 1.22. The van der Waals surface area contributed by atoms with Crippen LogP contribution in [0.1, 0.15) is 33.1 Å². The number of nitrogens with zero attached hydrogens (tertiary/aromatic N) is 2. The van der Waals surface area contributed by atoms with Crippen LogP contribution in [-0.2, 0) is 0 Å². The van der Waals surface area contributed by atoms with Gasteiger partial charge in [-0.15, -0.1) is 0 Å². The van der Waals surface area contributed by atoms with E-state index in [9.17, 15) is 0 Å². The van der Waals surface area contributed by atoms with Crippen molar-refractivity contribution >= 4 is 0 Å². The zero-order valence-electron chi connectivity index (χ0n) is 8.55. The first-order valence-corrected chi connectivity index (χ1v) is 5.31. The monoisotopic (exact) mass is 170 g/mol. The maximum atomic E-state index is 2.57. The smallest absolute Gasteiger partial charge is 0.0507 e. The van der Waals surface area contributed by atoms with Gasteiger partial charge < -0.3 is 0 Å². The van der Waals surface area contributed by atoms with Crippen molar-refractivity contribution < 1.29 is 0 Å². The lowest BCUT2D eigenvalue weighted by molar-refractivity contribution is 0.244. The molecule has 1 rings (SSSR count). The van der Waals surface area contributed by atoms with Crippen molar-refractivity contribution in [1.29, 1.82) is 0 Å². The summed E-state index contributed by atoms with van der Waals surface area (Å²) in [7, 11) is 0. The van der Waals surface area contributed by atoms with Crippen LogP contribution in [0.5, 0.6) is 0 Å². The third-order valence-electron chi connectivity index (χ3n) is 2.50. The molecule has 1 aliphatic heterocycles. The van der Waals surface area contributed by atoms with Crippen LogP contribution in [0.4, 0.5) is 0 Å². The van der Waals surface area contributed by atoms with E-state index in [0.717, 1.165) is 0 Å². The summed E-state index contributed by atoms with van der Waals surface area (Å²) in [5, 5.41) is 0. The Morgan fingerprint density at radius 3 is 2.17 bits per heavy atom. The molecule has 0 saturated carbocycles. The molecule has 1 fully saturated rings. The van der Waals surface area contributed by atoms with E-state index in [-0.39, 0.29) is 0 Å². The molecular weight excluding hydrogens is 148 g/mol. The molecule has 0 amide bonds. The standard InChI is InChI=1S/C10H22N2/c1-3-5-7-12-9-8-11(10-12)6-4-2/h3-10H2,1-2H3. The molecule has 2 nitrogen and oxygen atoms in total. The Kier molecular flexibility index (Phi) is 4.62. The lowest BCUT2D eigenvalue weighted by Crippen LogP contribution is -2.26. The molecule has 0 aliphatic carbocycles. The zero-order chi connectivity index (χ0) is 8.81. The number of rotatable bonds is 5. The summed E-state index contributed by atoms with van der Waals surface area (Å²) in [6, 6.07) is 0. The van der Waals surface area contributed by atoms with Crippen molar-refractivity contribution in [1.82, 2.24) is 9.80 Å². The highest BCUT2D eigenvalue weighted by atomic mass is 15.4. The second-order valence-electron chi connectivity index (χ2n) is 3.73. The third kappa shape index (κ3) is 3.11. The summed E-state index contributed by atoms with van der Waals surface area (Å²) in [6.07, 6.45) is 3.98. The van der Waals surface area contributed by atoms with Crippen LogP contribution in [0.3, 0.4) is 0 Å². The Balaban J connectivity index is 2.08. The molecule has 1 aliphatic rings. The molecule has 0 aromatic rings. The quantitative estimate of drug-likeness (QED) is 0.620. The highest BCUT2D eigenvalue weighted by molar-refractivity contribution is 4.70. The van der Waals surface area contributed by atoms with E-state index >= 15 is 0 Å². The van der Waals surface area contributed by atoms with Gasteiger partial charge in [0, 0.05) is 13.1 Å². The molecule has 1 saturated heterocycles. The predicted molar refractivity (Wildman–Crippen MR) is 53.2 cm³/mol. The van der Waals surface area contributed by atoms with E-state index in [4.69, 9.17) is 0 Å². The largest absolute Gasteiger partial charge is 0.289 e. The molecule has 0 aromatic carbocycles. The Morgan fingerprint density at radius 2 is 1.58 bits per heavy atom. The van der Waals surface area contributed by atoms with E-state index in [2.05, 4.69) is 23.6 Å². The van der Waals surface area contributed by atoms with Crippen molar-refractivity contribution in [3.63, 3.8) is 0 Å². The molecule has 2 heteroatoms. The van der Waals surface area contributed by atoms with Gasteiger partial charge in [-0.25, -0.2) is 0 Å². The van der Waals surface area contributed by atoms with Crippen LogP contribution >= 0.6 is 0 Å². The Morgan fingerprint density at radius 1 is 0.917 bits per heavy atom. The fraction of sp³-hybridized carbons (Fsp3) is 1.00. The Bertz CT molecular complexity index is 114. The average Bonchev–Trinajstić information content (AvgIpc) is 2.50. The van der Waals surface area contributed by atoms with E-state index in [1.807, 2.05) is 0 Å². The van der Waals surface area contributed by atoms with E-state index in [0.29, 0.717) is 0 Å². The van der Waals surface area contributed by atoms with Crippen LogP contribution in [0.15, 0.2) is 0 Å². The van der Waals surface area contributed by atoms with Crippen molar-refractivity contribution in [2.45, 2.75) is 33.1 Å². The van der Waals surface area contributed by atoms with E-state index in [1.54, 1.807) is 0 Å². The van der Waals surface area contributed by atoms with Crippen molar-refractivity contribution in [2.75, 3.05) is 32.8 Å². The number of unbranched alkanes of at least 4 members (excludes halogenated alkanes) is 1. The summed E-state index contributed by atoms with van der Waals surface area (Å²) in [5.41, 5.74) is 0. The molecule has 0 unspecified atom stereocenters. The summed E-state index contributed by atoms with van der Waals surface area (Å²) in [4.78, 5) is 5.12. The first-order valence-electron chi connectivity index (χ1n) is 5.31. The van der Waals surface area contributed by atoms with E-state index in [1.165, 1.54) is 52.1 Å². The molecular formula is C10H22N2. The Labute approximate surface area is 76.5 Å². The fourth-order valence-electron chi connectivity index (χ4n) is 1.77. The van der Waals surface area contributed by atoms with Gasteiger partial charge >= 0.3 is 0 Å². The number of hydrogen-bond donors (Lipinski definition) is 0. The maximum Gasteiger partial charge on any atom is 0.0507 e. The molecule has 0 radical (unpaired) electrons. The lowest BCUT2D eigenvalue weighted by atomic mass is 10.3. The summed E-state index contributed by atoms with van der Waals surface area (Å²) < 4.78 is 0. The summed E-state index contributed by atoms with van der Waals surface area (Å²) in [5.74, 6) is 0. The normalized spacial score (nSPS) is 20.5. The summed E-state index contributed by atoms with van der Waals surface area (Å²) in [6.45, 7) is 10.9. The molecule has 12 heavy (non-hydrogen) atoms. The lowest BCUT2D eigenvalue weighted by Gasteiger charge is -2.16. The molecule has 0 bridgehead atoms. The van der Waals surface area contributed by atoms with Crippen molar-refractivity contribution in [2.24, 2.45) is 0 Å². The van der Waals surface area contributed by atoms with Gasteiger partial charge in [0.05, 0.1) is 6.67 Å². The maximum absolute atomic E-state index is 2.57. The molecule has 0 spiro atoms. The van der Waals surface area contributed by atoms with Gasteiger partial charge in [-0.3, -0.25) is 9.80 Å². The van der Waals surface area contributed by atoms with Crippen LogP contribution in [0.25, 0.3) is 0 Å². The molecule has 0 atom stereocenters. The SMILES string of the molecule is CCCCN1CCN(CCC)C1. The van der Waals surface area contributed by atoms with Crippen LogP contribution in [0, 0.1) is 0 Å². The molecule has 0 N–H and O–H groups in total. The van der Waals surface area contributed by atoms with Gasteiger partial charge in [-0.05, 0) is 25.9 Å². The Hall–Kier alpha value is -0.0800. The average molecular weight is 170 g/mol. The van der Waals surface area contributed by atoms with Crippen LogP contribution in [-0.4, -0.2) is 42.6 Å². The van der Waals surface area contributed by atoms with Gasteiger partial charge in [-0.1, -0.05) is 20.3 Å². The topological polar surface area (TPSA) is 6.48 Å². The highest BCUT2D eigenvalue weighted by Gasteiger charge is 2.17. The van der Waals surface area contributed by atoms with Crippen molar-refractivity contribution in [3.05, 3.63) is 0 Å². The third-order valence-corrected chi connectivity index (χ3v) is 2.50. The number of hydrogen-bond acceptors (Lipinski definition) is 2.